The highest BCUT2D eigenvalue weighted by Crippen LogP contribution is 2.28. The topological polar surface area (TPSA) is 54.0 Å². The lowest BCUT2D eigenvalue weighted by Crippen LogP contribution is -2.36. The fourth-order valence-electron chi connectivity index (χ4n) is 2.78. The number of nitrogens with zero attached hydrogens (tertiary/aromatic N) is 1. The Morgan fingerprint density at radius 1 is 1.47 bits per heavy atom. The molecule has 1 aliphatic heterocycles. The van der Waals surface area contributed by atoms with E-state index in [1.807, 2.05) is 12.3 Å². The molecule has 0 aromatic carbocycles. The fourth-order valence-corrected chi connectivity index (χ4v) is 2.78. The van der Waals surface area contributed by atoms with E-state index in [4.69, 9.17) is 0 Å². The first-order valence-corrected chi connectivity index (χ1v) is 6.29. The van der Waals surface area contributed by atoms with Crippen LogP contribution in [0.15, 0.2) is 18.3 Å². The average Bonchev–Trinajstić information content (AvgIpc) is 2.75. The number of hydrogen-bond acceptors (Lipinski definition) is 3. The van der Waals surface area contributed by atoms with E-state index in [1.165, 1.54) is 17.7 Å². The van der Waals surface area contributed by atoms with E-state index < -0.39 is 0 Å². The number of rotatable bonds is 2. The number of carbonyl (C=O) groups excluding carboxylic acids is 1. The van der Waals surface area contributed by atoms with Crippen LogP contribution in [-0.4, -0.2) is 23.5 Å². The molecule has 0 radical (unpaired) electrons. The van der Waals surface area contributed by atoms with Crippen LogP contribution in [-0.2, 0) is 11.2 Å². The number of amides is 1. The van der Waals surface area contributed by atoms with Crippen molar-refractivity contribution >= 4 is 5.91 Å². The zero-order chi connectivity index (χ0) is 11.7. The zero-order valence-electron chi connectivity index (χ0n) is 9.78. The Morgan fingerprint density at radius 2 is 2.41 bits per heavy atom. The largest absolute Gasteiger partial charge is 0.354 e. The highest BCUT2D eigenvalue weighted by atomic mass is 16.1. The molecule has 17 heavy (non-hydrogen) atoms. The summed E-state index contributed by atoms with van der Waals surface area (Å²) in [5.74, 6) is 0.152. The van der Waals surface area contributed by atoms with Gasteiger partial charge < -0.3 is 10.6 Å². The molecule has 0 spiro atoms. The van der Waals surface area contributed by atoms with Crippen LogP contribution in [0.2, 0.25) is 0 Å². The third-order valence-electron chi connectivity index (χ3n) is 3.61. The van der Waals surface area contributed by atoms with E-state index in [9.17, 15) is 4.79 Å². The predicted octanol–water partition coefficient (Wildman–Crippen LogP) is 0.937. The van der Waals surface area contributed by atoms with Crippen molar-refractivity contribution in [2.24, 2.45) is 0 Å². The third kappa shape index (κ3) is 2.17. The molecule has 1 aromatic rings. The smallest absolute Gasteiger partial charge is 0.221 e. The summed E-state index contributed by atoms with van der Waals surface area (Å²) in [6.07, 6.45) is 5.90. The number of carbonyl (C=O) groups is 1. The first kappa shape index (κ1) is 10.7. The molecule has 1 amide bonds. The SMILES string of the molecule is O=C1CC(NC2CCCc3cccnc32)CN1. The molecule has 1 saturated heterocycles. The van der Waals surface area contributed by atoms with Crippen molar-refractivity contribution in [2.75, 3.05) is 6.54 Å². The summed E-state index contributed by atoms with van der Waals surface area (Å²) in [5, 5.41) is 6.42. The number of nitrogens with one attached hydrogen (secondary N) is 2. The summed E-state index contributed by atoms with van der Waals surface area (Å²) in [6.45, 7) is 0.748. The van der Waals surface area contributed by atoms with Crippen molar-refractivity contribution in [3.8, 4) is 0 Å². The summed E-state index contributed by atoms with van der Waals surface area (Å²) < 4.78 is 0. The van der Waals surface area contributed by atoms with Crippen molar-refractivity contribution in [1.29, 1.82) is 0 Å². The first-order valence-electron chi connectivity index (χ1n) is 6.29. The maximum Gasteiger partial charge on any atom is 0.221 e. The lowest BCUT2D eigenvalue weighted by Gasteiger charge is -2.27. The Hall–Kier alpha value is -1.42. The minimum absolute atomic E-state index is 0.152. The second kappa shape index (κ2) is 4.45. The molecule has 2 N–H and O–H groups in total. The molecule has 1 aliphatic carbocycles. The zero-order valence-corrected chi connectivity index (χ0v) is 9.78. The number of aromatic nitrogens is 1. The van der Waals surface area contributed by atoms with Gasteiger partial charge in [-0.15, -0.1) is 0 Å². The molecular formula is C13H17N3O. The molecule has 1 fully saturated rings. The Kier molecular flexibility index (Phi) is 2.81. The molecule has 0 bridgehead atoms. The Labute approximate surface area is 101 Å². The van der Waals surface area contributed by atoms with Gasteiger partial charge in [-0.25, -0.2) is 0 Å². The average molecular weight is 231 g/mol. The van der Waals surface area contributed by atoms with E-state index in [1.54, 1.807) is 0 Å². The van der Waals surface area contributed by atoms with Gasteiger partial charge in [-0.3, -0.25) is 9.78 Å². The maximum atomic E-state index is 11.2. The van der Waals surface area contributed by atoms with Crippen LogP contribution in [0, 0.1) is 0 Å². The summed E-state index contributed by atoms with van der Waals surface area (Å²) >= 11 is 0. The van der Waals surface area contributed by atoms with Crippen molar-refractivity contribution in [1.82, 2.24) is 15.6 Å². The highest BCUT2D eigenvalue weighted by molar-refractivity contribution is 5.78. The standard InChI is InChI=1S/C13H17N3O/c17-12-7-10(8-15-12)16-11-5-1-3-9-4-2-6-14-13(9)11/h2,4,6,10-11,16H,1,3,5,7-8H2,(H,15,17). The molecule has 2 atom stereocenters. The van der Waals surface area contributed by atoms with E-state index in [0.717, 1.165) is 19.4 Å². The van der Waals surface area contributed by atoms with Crippen molar-refractivity contribution < 1.29 is 4.79 Å². The molecule has 1 aromatic heterocycles. The number of hydrogen-bond donors (Lipinski definition) is 2. The van der Waals surface area contributed by atoms with Crippen LogP contribution in [0.4, 0.5) is 0 Å². The van der Waals surface area contributed by atoms with E-state index in [0.29, 0.717) is 12.5 Å². The van der Waals surface area contributed by atoms with Gasteiger partial charge in [0, 0.05) is 25.2 Å². The molecule has 2 aliphatic rings. The van der Waals surface area contributed by atoms with Gasteiger partial charge >= 0.3 is 0 Å². The Bertz CT molecular complexity index is 432. The number of fused-ring (bicyclic) bond motifs is 1. The van der Waals surface area contributed by atoms with Gasteiger partial charge in [-0.05, 0) is 30.9 Å². The van der Waals surface area contributed by atoms with E-state index in [2.05, 4.69) is 21.7 Å². The normalized spacial score (nSPS) is 27.6. The van der Waals surface area contributed by atoms with Crippen molar-refractivity contribution in [3.63, 3.8) is 0 Å². The van der Waals surface area contributed by atoms with Crippen LogP contribution in [0.3, 0.4) is 0 Å². The minimum atomic E-state index is 0.152. The Morgan fingerprint density at radius 3 is 3.24 bits per heavy atom. The minimum Gasteiger partial charge on any atom is -0.354 e. The van der Waals surface area contributed by atoms with E-state index in [-0.39, 0.29) is 11.9 Å². The van der Waals surface area contributed by atoms with Gasteiger partial charge in [0.2, 0.25) is 5.91 Å². The second-order valence-electron chi connectivity index (χ2n) is 4.86. The fraction of sp³-hybridized carbons (Fsp3) is 0.538. The molecule has 2 heterocycles. The lowest BCUT2D eigenvalue weighted by molar-refractivity contribution is -0.119. The highest BCUT2D eigenvalue weighted by Gasteiger charge is 2.27. The maximum absolute atomic E-state index is 11.2. The van der Waals surface area contributed by atoms with Gasteiger partial charge in [0.25, 0.3) is 0 Å². The molecule has 4 nitrogen and oxygen atoms in total. The monoisotopic (exact) mass is 231 g/mol. The number of aryl methyl sites for hydroxylation is 1. The van der Waals surface area contributed by atoms with Crippen LogP contribution >= 0.6 is 0 Å². The van der Waals surface area contributed by atoms with Crippen molar-refractivity contribution in [3.05, 3.63) is 29.6 Å². The van der Waals surface area contributed by atoms with Crippen LogP contribution in [0.25, 0.3) is 0 Å². The van der Waals surface area contributed by atoms with E-state index >= 15 is 0 Å². The van der Waals surface area contributed by atoms with Gasteiger partial charge in [-0.2, -0.15) is 0 Å². The molecule has 2 unspecified atom stereocenters. The van der Waals surface area contributed by atoms with Crippen LogP contribution < -0.4 is 10.6 Å². The Balaban J connectivity index is 1.74. The second-order valence-corrected chi connectivity index (χ2v) is 4.86. The van der Waals surface area contributed by atoms with Gasteiger partial charge in [-0.1, -0.05) is 6.07 Å². The molecule has 3 rings (SSSR count). The summed E-state index contributed by atoms with van der Waals surface area (Å²) in [6, 6.07) is 4.74. The van der Waals surface area contributed by atoms with Crippen LogP contribution in [0.1, 0.15) is 36.6 Å². The molecule has 0 saturated carbocycles. The van der Waals surface area contributed by atoms with Crippen LogP contribution in [0.5, 0.6) is 0 Å². The quantitative estimate of drug-likeness (QED) is 0.796. The molecular weight excluding hydrogens is 214 g/mol. The van der Waals surface area contributed by atoms with Crippen molar-refractivity contribution in [2.45, 2.75) is 37.8 Å². The molecule has 90 valence electrons. The summed E-state index contributed by atoms with van der Waals surface area (Å²) in [4.78, 5) is 15.7. The molecule has 4 heteroatoms. The van der Waals surface area contributed by atoms with Gasteiger partial charge in [0.05, 0.1) is 11.7 Å². The van der Waals surface area contributed by atoms with Gasteiger partial charge in [0.15, 0.2) is 0 Å². The summed E-state index contributed by atoms with van der Waals surface area (Å²) in [7, 11) is 0. The predicted molar refractivity (Wildman–Crippen MR) is 64.5 cm³/mol. The lowest BCUT2D eigenvalue weighted by atomic mass is 9.91. The third-order valence-corrected chi connectivity index (χ3v) is 3.61. The van der Waals surface area contributed by atoms with Gasteiger partial charge in [0.1, 0.15) is 0 Å². The summed E-state index contributed by atoms with van der Waals surface area (Å²) in [5.41, 5.74) is 2.53. The first-order chi connectivity index (χ1) is 8.33. The number of pyridine rings is 1.